The first-order valence-electron chi connectivity index (χ1n) is 3.77. The van der Waals surface area contributed by atoms with Crippen molar-refractivity contribution >= 4 is 12.4 Å². The summed E-state index contributed by atoms with van der Waals surface area (Å²) in [5, 5.41) is 12.1. The van der Waals surface area contributed by atoms with Gasteiger partial charge in [0.15, 0.2) is 0 Å². The molecule has 0 aromatic rings. The molecule has 2 aliphatic rings. The zero-order chi connectivity index (χ0) is 6.32. The van der Waals surface area contributed by atoms with Crippen LogP contribution in [0, 0.1) is 0 Å². The van der Waals surface area contributed by atoms with Crippen molar-refractivity contribution in [1.29, 1.82) is 0 Å². The molecule has 0 aromatic heterocycles. The maximum Gasteiger partial charge on any atom is 0.107 e. The second-order valence-corrected chi connectivity index (χ2v) is 3.35. The van der Waals surface area contributed by atoms with Gasteiger partial charge in [-0.15, -0.1) is 12.4 Å². The molecule has 2 rings (SSSR count). The molecule has 0 radical (unpaired) electrons. The summed E-state index contributed by atoms with van der Waals surface area (Å²) >= 11 is 0. The van der Waals surface area contributed by atoms with E-state index in [4.69, 9.17) is 5.11 Å². The fourth-order valence-corrected chi connectivity index (χ4v) is 2.10. The molecule has 1 atom stereocenters. The van der Waals surface area contributed by atoms with Crippen molar-refractivity contribution in [2.75, 3.05) is 0 Å². The Balaban J connectivity index is 0.000000500. The summed E-state index contributed by atoms with van der Waals surface area (Å²) in [5.74, 6) is 0. The second kappa shape index (κ2) is 2.68. The molecule has 60 valence electrons. The smallest absolute Gasteiger partial charge is 0.107 e. The third-order valence-corrected chi connectivity index (χ3v) is 2.62. The highest BCUT2D eigenvalue weighted by Gasteiger charge is 2.44. The van der Waals surface area contributed by atoms with Crippen LogP contribution in [0.15, 0.2) is 0 Å². The van der Waals surface area contributed by atoms with Gasteiger partial charge in [-0.3, -0.25) is 5.32 Å². The third-order valence-electron chi connectivity index (χ3n) is 2.62. The van der Waals surface area contributed by atoms with Crippen molar-refractivity contribution in [2.45, 2.75) is 43.9 Å². The lowest BCUT2D eigenvalue weighted by Crippen LogP contribution is -2.61. The van der Waals surface area contributed by atoms with Gasteiger partial charge in [0.25, 0.3) is 0 Å². The molecule has 1 aliphatic heterocycles. The monoisotopic (exact) mass is 163 g/mol. The number of aliphatic hydroxyl groups excluding tert-OH is 1. The van der Waals surface area contributed by atoms with E-state index in [1.165, 1.54) is 25.7 Å². The first-order chi connectivity index (χ1) is 4.31. The highest BCUT2D eigenvalue weighted by atomic mass is 35.5. The van der Waals surface area contributed by atoms with Crippen LogP contribution in [-0.4, -0.2) is 16.9 Å². The Bertz CT molecular complexity index is 115. The van der Waals surface area contributed by atoms with Gasteiger partial charge in [-0.25, -0.2) is 0 Å². The van der Waals surface area contributed by atoms with Crippen molar-refractivity contribution < 1.29 is 5.11 Å². The molecule has 2 nitrogen and oxygen atoms in total. The summed E-state index contributed by atoms with van der Waals surface area (Å²) < 4.78 is 0. The molecule has 10 heavy (non-hydrogen) atoms. The van der Waals surface area contributed by atoms with Crippen LogP contribution in [0.2, 0.25) is 0 Å². The van der Waals surface area contributed by atoms with Gasteiger partial charge in [0, 0.05) is 12.0 Å². The lowest BCUT2D eigenvalue weighted by molar-refractivity contribution is -0.0204. The molecule has 1 saturated heterocycles. The topological polar surface area (TPSA) is 32.3 Å². The Labute approximate surface area is 67.4 Å². The van der Waals surface area contributed by atoms with Crippen LogP contribution in [0.3, 0.4) is 0 Å². The molecule has 2 fully saturated rings. The molecular weight excluding hydrogens is 150 g/mol. The predicted molar refractivity (Wildman–Crippen MR) is 42.2 cm³/mol. The lowest BCUT2D eigenvalue weighted by Gasteiger charge is -2.44. The zero-order valence-electron chi connectivity index (χ0n) is 5.97. The Morgan fingerprint density at radius 3 is 2.20 bits per heavy atom. The summed E-state index contributed by atoms with van der Waals surface area (Å²) in [6.07, 6.45) is 6.06. The Kier molecular flexibility index (Phi) is 2.23. The minimum absolute atomic E-state index is 0. The maximum absolute atomic E-state index is 8.96. The fourth-order valence-electron chi connectivity index (χ4n) is 2.10. The number of rotatable bonds is 0. The van der Waals surface area contributed by atoms with E-state index in [2.05, 4.69) is 5.32 Å². The van der Waals surface area contributed by atoms with Crippen molar-refractivity contribution in [1.82, 2.24) is 5.32 Å². The number of halogens is 1. The highest BCUT2D eigenvalue weighted by Crippen LogP contribution is 2.38. The minimum atomic E-state index is -0.192. The number of aliphatic hydroxyl groups is 1. The van der Waals surface area contributed by atoms with Crippen LogP contribution in [0.5, 0.6) is 0 Å². The molecule has 0 aromatic carbocycles. The molecular formula is C7H14ClNO. The van der Waals surface area contributed by atoms with Crippen molar-refractivity contribution in [3.63, 3.8) is 0 Å². The molecule has 0 amide bonds. The zero-order valence-corrected chi connectivity index (χ0v) is 6.78. The molecule has 3 heteroatoms. The van der Waals surface area contributed by atoms with E-state index in [-0.39, 0.29) is 18.6 Å². The SMILES string of the molecule is Cl.OC1CC2(CCCC2)N1. The van der Waals surface area contributed by atoms with Gasteiger partial charge in [0.1, 0.15) is 6.23 Å². The van der Waals surface area contributed by atoms with Gasteiger partial charge in [-0.1, -0.05) is 12.8 Å². The first-order valence-corrected chi connectivity index (χ1v) is 3.77. The van der Waals surface area contributed by atoms with Crippen LogP contribution < -0.4 is 5.32 Å². The standard InChI is InChI=1S/C7H13NO.ClH/c9-6-5-7(8-6)3-1-2-4-7;/h6,8-9H,1-5H2;1H. The van der Waals surface area contributed by atoms with Gasteiger partial charge in [0.2, 0.25) is 0 Å². The van der Waals surface area contributed by atoms with Gasteiger partial charge in [-0.2, -0.15) is 0 Å². The van der Waals surface area contributed by atoms with Gasteiger partial charge in [0.05, 0.1) is 0 Å². The van der Waals surface area contributed by atoms with Crippen LogP contribution in [0.1, 0.15) is 32.1 Å². The van der Waals surface area contributed by atoms with Crippen LogP contribution in [0.4, 0.5) is 0 Å². The lowest BCUT2D eigenvalue weighted by atomic mass is 9.85. The number of hydrogen-bond donors (Lipinski definition) is 2. The molecule has 1 heterocycles. The molecule has 1 spiro atoms. The predicted octanol–water partition coefficient (Wildman–Crippen LogP) is 1.03. The van der Waals surface area contributed by atoms with E-state index in [1.807, 2.05) is 0 Å². The van der Waals surface area contributed by atoms with Crippen molar-refractivity contribution in [3.05, 3.63) is 0 Å². The first kappa shape index (κ1) is 8.31. The van der Waals surface area contributed by atoms with E-state index >= 15 is 0 Å². The van der Waals surface area contributed by atoms with Gasteiger partial charge >= 0.3 is 0 Å². The summed E-state index contributed by atoms with van der Waals surface area (Å²) in [7, 11) is 0. The van der Waals surface area contributed by atoms with E-state index < -0.39 is 0 Å². The molecule has 0 bridgehead atoms. The summed E-state index contributed by atoms with van der Waals surface area (Å²) in [6, 6.07) is 0. The third kappa shape index (κ3) is 1.16. The summed E-state index contributed by atoms with van der Waals surface area (Å²) in [4.78, 5) is 0. The largest absolute Gasteiger partial charge is 0.379 e. The van der Waals surface area contributed by atoms with Crippen LogP contribution in [-0.2, 0) is 0 Å². The quantitative estimate of drug-likeness (QED) is 0.559. The van der Waals surface area contributed by atoms with Crippen molar-refractivity contribution in [3.8, 4) is 0 Å². The maximum atomic E-state index is 8.96. The Morgan fingerprint density at radius 2 is 1.80 bits per heavy atom. The van der Waals surface area contributed by atoms with E-state index in [9.17, 15) is 0 Å². The fraction of sp³-hybridized carbons (Fsp3) is 1.00. The molecule has 1 saturated carbocycles. The van der Waals surface area contributed by atoms with Crippen molar-refractivity contribution in [2.24, 2.45) is 0 Å². The van der Waals surface area contributed by atoms with Crippen LogP contribution in [0.25, 0.3) is 0 Å². The number of nitrogens with one attached hydrogen (secondary N) is 1. The normalized spacial score (nSPS) is 35.1. The van der Waals surface area contributed by atoms with E-state index in [0.717, 1.165) is 6.42 Å². The van der Waals surface area contributed by atoms with E-state index in [0.29, 0.717) is 5.54 Å². The average molecular weight is 164 g/mol. The van der Waals surface area contributed by atoms with Crippen LogP contribution >= 0.6 is 12.4 Å². The minimum Gasteiger partial charge on any atom is -0.379 e. The molecule has 1 aliphatic carbocycles. The highest BCUT2D eigenvalue weighted by molar-refractivity contribution is 5.85. The number of hydrogen-bond acceptors (Lipinski definition) is 2. The Hall–Kier alpha value is 0.210. The molecule has 2 N–H and O–H groups in total. The Morgan fingerprint density at radius 1 is 1.30 bits per heavy atom. The van der Waals surface area contributed by atoms with Gasteiger partial charge < -0.3 is 5.11 Å². The average Bonchev–Trinajstić information content (AvgIpc) is 2.12. The van der Waals surface area contributed by atoms with Gasteiger partial charge in [-0.05, 0) is 12.8 Å². The summed E-state index contributed by atoms with van der Waals surface area (Å²) in [5.41, 5.74) is 0.388. The second-order valence-electron chi connectivity index (χ2n) is 3.35. The van der Waals surface area contributed by atoms with E-state index in [1.54, 1.807) is 0 Å². The molecule has 1 unspecified atom stereocenters. The summed E-state index contributed by atoms with van der Waals surface area (Å²) in [6.45, 7) is 0.